The van der Waals surface area contributed by atoms with Crippen molar-refractivity contribution in [2.75, 3.05) is 6.54 Å². The van der Waals surface area contributed by atoms with Crippen LogP contribution in [-0.4, -0.2) is 44.6 Å². The van der Waals surface area contributed by atoms with Crippen molar-refractivity contribution < 1.29 is 14.7 Å². The Hall–Kier alpha value is -1.96. The molecule has 16 heavy (non-hydrogen) atoms. The Morgan fingerprint density at radius 1 is 1.69 bits per heavy atom. The van der Waals surface area contributed by atoms with E-state index in [1.54, 1.807) is 0 Å². The summed E-state index contributed by atoms with van der Waals surface area (Å²) in [5.74, 6) is -1.68. The van der Waals surface area contributed by atoms with Crippen molar-refractivity contribution in [3.8, 4) is 0 Å². The van der Waals surface area contributed by atoms with E-state index in [9.17, 15) is 9.59 Å². The number of nitrogens with two attached hydrogens (primary N) is 1. The number of aromatic nitrogens is 3. The zero-order valence-corrected chi connectivity index (χ0v) is 8.75. The summed E-state index contributed by atoms with van der Waals surface area (Å²) in [7, 11) is 0. The van der Waals surface area contributed by atoms with Gasteiger partial charge in [0.15, 0.2) is 5.69 Å². The molecule has 1 unspecified atom stereocenters. The molecule has 1 aromatic rings. The maximum absolute atomic E-state index is 11.5. The summed E-state index contributed by atoms with van der Waals surface area (Å²) in [6.07, 6.45) is 1.41. The van der Waals surface area contributed by atoms with Crippen molar-refractivity contribution >= 4 is 11.9 Å². The largest absolute Gasteiger partial charge is 0.480 e. The van der Waals surface area contributed by atoms with Gasteiger partial charge in [0.25, 0.3) is 5.91 Å². The fourth-order valence-electron chi connectivity index (χ4n) is 0.976. The monoisotopic (exact) mass is 227 g/mol. The van der Waals surface area contributed by atoms with Crippen LogP contribution < -0.4 is 11.1 Å². The zero-order valence-electron chi connectivity index (χ0n) is 8.75. The first-order chi connectivity index (χ1) is 7.54. The van der Waals surface area contributed by atoms with Crippen LogP contribution in [0.3, 0.4) is 0 Å². The molecule has 8 heteroatoms. The second-order valence-corrected chi connectivity index (χ2v) is 3.19. The molecule has 0 aliphatic heterocycles. The van der Waals surface area contributed by atoms with Gasteiger partial charge >= 0.3 is 5.97 Å². The molecular formula is C8H13N5O3. The molecular weight excluding hydrogens is 214 g/mol. The number of carboxylic acid groups (broad SMARTS) is 1. The average Bonchev–Trinajstić information content (AvgIpc) is 2.66. The summed E-state index contributed by atoms with van der Waals surface area (Å²) < 4.78 is 1.42. The summed E-state index contributed by atoms with van der Waals surface area (Å²) in [5.41, 5.74) is 5.37. The van der Waals surface area contributed by atoms with Crippen LogP contribution in [0.1, 0.15) is 17.4 Å². The SMILES string of the molecule is CC(NC(=O)c1cn(CCN)nn1)C(=O)O. The minimum Gasteiger partial charge on any atom is -0.480 e. The molecule has 0 aliphatic carbocycles. The normalized spacial score (nSPS) is 12.1. The first-order valence-electron chi connectivity index (χ1n) is 4.68. The first kappa shape index (κ1) is 12.1. The molecule has 88 valence electrons. The number of carboxylic acids is 1. The first-order valence-corrected chi connectivity index (χ1v) is 4.68. The van der Waals surface area contributed by atoms with E-state index in [-0.39, 0.29) is 5.69 Å². The summed E-state index contributed by atoms with van der Waals surface area (Å²) in [6.45, 7) is 2.20. The standard InChI is InChI=1S/C8H13N5O3/c1-5(8(15)16)10-7(14)6-4-13(3-2-9)12-11-6/h4-5H,2-3,9H2,1H3,(H,10,14)(H,15,16). The summed E-state index contributed by atoms with van der Waals surface area (Å²) in [6, 6.07) is -0.966. The van der Waals surface area contributed by atoms with Gasteiger partial charge in [0.2, 0.25) is 0 Å². The lowest BCUT2D eigenvalue weighted by Gasteiger charge is -2.06. The minimum atomic E-state index is -1.11. The maximum Gasteiger partial charge on any atom is 0.325 e. The zero-order chi connectivity index (χ0) is 12.1. The quantitative estimate of drug-likeness (QED) is 0.559. The number of nitrogens with zero attached hydrogens (tertiary/aromatic N) is 3. The second kappa shape index (κ2) is 5.21. The molecule has 0 fully saturated rings. The van der Waals surface area contributed by atoms with Gasteiger partial charge in [-0.25, -0.2) is 0 Å². The van der Waals surface area contributed by atoms with Crippen LogP contribution in [0.2, 0.25) is 0 Å². The third kappa shape index (κ3) is 3.02. The molecule has 0 bridgehead atoms. The topological polar surface area (TPSA) is 123 Å². The van der Waals surface area contributed by atoms with Gasteiger partial charge in [0.05, 0.1) is 12.7 Å². The van der Waals surface area contributed by atoms with Gasteiger partial charge < -0.3 is 16.2 Å². The van der Waals surface area contributed by atoms with Crippen LogP contribution in [0, 0.1) is 0 Å². The van der Waals surface area contributed by atoms with Crippen LogP contribution in [0.25, 0.3) is 0 Å². The van der Waals surface area contributed by atoms with Crippen molar-refractivity contribution in [1.82, 2.24) is 20.3 Å². The van der Waals surface area contributed by atoms with E-state index in [4.69, 9.17) is 10.8 Å². The van der Waals surface area contributed by atoms with Crippen molar-refractivity contribution in [2.45, 2.75) is 19.5 Å². The van der Waals surface area contributed by atoms with Crippen molar-refractivity contribution in [1.29, 1.82) is 0 Å². The Labute approximate surface area is 91.4 Å². The highest BCUT2D eigenvalue weighted by Gasteiger charge is 2.17. The van der Waals surface area contributed by atoms with E-state index in [1.807, 2.05) is 0 Å². The maximum atomic E-state index is 11.5. The van der Waals surface area contributed by atoms with Crippen molar-refractivity contribution in [3.63, 3.8) is 0 Å². The predicted octanol–water partition coefficient (Wildman–Crippen LogP) is -1.56. The van der Waals surface area contributed by atoms with Gasteiger partial charge in [-0.2, -0.15) is 0 Å². The van der Waals surface area contributed by atoms with E-state index in [0.717, 1.165) is 0 Å². The molecule has 1 heterocycles. The van der Waals surface area contributed by atoms with Crippen LogP contribution in [0.5, 0.6) is 0 Å². The number of carbonyl (C=O) groups is 2. The number of amides is 1. The Morgan fingerprint density at radius 3 is 2.94 bits per heavy atom. The third-order valence-corrected chi connectivity index (χ3v) is 1.85. The van der Waals surface area contributed by atoms with Crippen LogP contribution in [-0.2, 0) is 11.3 Å². The van der Waals surface area contributed by atoms with E-state index in [1.165, 1.54) is 17.8 Å². The Morgan fingerprint density at radius 2 is 2.38 bits per heavy atom. The molecule has 0 spiro atoms. The van der Waals surface area contributed by atoms with Crippen molar-refractivity contribution in [2.24, 2.45) is 5.73 Å². The molecule has 0 radical (unpaired) electrons. The molecule has 1 amide bonds. The van der Waals surface area contributed by atoms with Gasteiger partial charge in [0, 0.05) is 6.54 Å². The van der Waals surface area contributed by atoms with E-state index >= 15 is 0 Å². The molecule has 0 aliphatic rings. The molecule has 1 atom stereocenters. The van der Waals surface area contributed by atoms with Gasteiger partial charge in [-0.3, -0.25) is 14.3 Å². The van der Waals surface area contributed by atoms with Crippen LogP contribution >= 0.6 is 0 Å². The fraction of sp³-hybridized carbons (Fsp3) is 0.500. The molecule has 0 aromatic carbocycles. The predicted molar refractivity (Wildman–Crippen MR) is 53.6 cm³/mol. The number of nitrogens with one attached hydrogen (secondary N) is 1. The van der Waals surface area contributed by atoms with Gasteiger partial charge in [-0.1, -0.05) is 5.21 Å². The third-order valence-electron chi connectivity index (χ3n) is 1.85. The molecule has 4 N–H and O–H groups in total. The lowest BCUT2D eigenvalue weighted by molar-refractivity contribution is -0.138. The van der Waals surface area contributed by atoms with Gasteiger partial charge in [-0.15, -0.1) is 5.10 Å². The Kier molecular flexibility index (Phi) is 3.95. The Balaban J connectivity index is 2.62. The molecule has 0 saturated heterocycles. The summed E-state index contributed by atoms with van der Waals surface area (Å²) >= 11 is 0. The summed E-state index contributed by atoms with van der Waals surface area (Å²) in [5, 5.41) is 18.1. The molecule has 0 saturated carbocycles. The molecule has 1 aromatic heterocycles. The fourth-order valence-corrected chi connectivity index (χ4v) is 0.976. The molecule has 1 rings (SSSR count). The van der Waals surface area contributed by atoms with Gasteiger partial charge in [0.1, 0.15) is 6.04 Å². The van der Waals surface area contributed by atoms with E-state index in [0.29, 0.717) is 13.1 Å². The van der Waals surface area contributed by atoms with E-state index in [2.05, 4.69) is 15.6 Å². The highest BCUT2D eigenvalue weighted by Crippen LogP contribution is 1.94. The highest BCUT2D eigenvalue weighted by atomic mass is 16.4. The number of carbonyl (C=O) groups excluding carboxylic acids is 1. The van der Waals surface area contributed by atoms with E-state index < -0.39 is 17.9 Å². The lowest BCUT2D eigenvalue weighted by atomic mass is 10.3. The van der Waals surface area contributed by atoms with Crippen LogP contribution in [0.15, 0.2) is 6.20 Å². The second-order valence-electron chi connectivity index (χ2n) is 3.19. The van der Waals surface area contributed by atoms with Crippen LogP contribution in [0.4, 0.5) is 0 Å². The average molecular weight is 227 g/mol. The van der Waals surface area contributed by atoms with Gasteiger partial charge in [-0.05, 0) is 6.92 Å². The highest BCUT2D eigenvalue weighted by molar-refractivity contribution is 5.94. The number of hydrogen-bond donors (Lipinski definition) is 3. The number of rotatable bonds is 5. The smallest absolute Gasteiger partial charge is 0.325 e. The summed E-state index contributed by atoms with van der Waals surface area (Å²) in [4.78, 5) is 22.0. The van der Waals surface area contributed by atoms with Crippen molar-refractivity contribution in [3.05, 3.63) is 11.9 Å². The molecule has 8 nitrogen and oxygen atoms in total. The minimum absolute atomic E-state index is 0.0709. The lowest BCUT2D eigenvalue weighted by Crippen LogP contribution is -2.38. The number of hydrogen-bond acceptors (Lipinski definition) is 5. The Bertz CT molecular complexity index is 389. The number of aliphatic carboxylic acids is 1.